The Bertz CT molecular complexity index is 892. The second kappa shape index (κ2) is 9.32. The molecule has 0 aromatic heterocycles. The standard InChI is InChI=1S/C22H25FN2O4/c1-27-19-10-8-16(21(28-2)22(19)29-3)9-11-20(26)25-14-12-24(13-15-25)18-7-5-4-6-17(18)23/h4-11H,12-15H2,1-3H3. The minimum Gasteiger partial charge on any atom is -0.493 e. The molecule has 0 atom stereocenters. The summed E-state index contributed by atoms with van der Waals surface area (Å²) in [5.41, 5.74) is 1.29. The Morgan fingerprint density at radius 1 is 0.931 bits per heavy atom. The van der Waals surface area contributed by atoms with Crippen molar-refractivity contribution in [1.29, 1.82) is 0 Å². The van der Waals surface area contributed by atoms with Gasteiger partial charge in [0.25, 0.3) is 0 Å². The summed E-state index contributed by atoms with van der Waals surface area (Å²) < 4.78 is 30.0. The number of carbonyl (C=O) groups is 1. The maximum atomic E-state index is 14.0. The fourth-order valence-corrected chi connectivity index (χ4v) is 3.40. The van der Waals surface area contributed by atoms with E-state index in [0.29, 0.717) is 54.7 Å². The topological polar surface area (TPSA) is 51.2 Å². The van der Waals surface area contributed by atoms with Crippen molar-refractivity contribution < 1.29 is 23.4 Å². The number of rotatable bonds is 6. The number of carbonyl (C=O) groups excluding carboxylic acids is 1. The molecule has 0 unspecified atom stereocenters. The molecular formula is C22H25FN2O4. The highest BCUT2D eigenvalue weighted by Gasteiger charge is 2.21. The number of para-hydroxylation sites is 1. The van der Waals surface area contributed by atoms with Crippen LogP contribution in [0.15, 0.2) is 42.5 Å². The minimum absolute atomic E-state index is 0.102. The fourth-order valence-electron chi connectivity index (χ4n) is 3.40. The molecule has 2 aromatic rings. The molecule has 6 nitrogen and oxygen atoms in total. The van der Waals surface area contributed by atoms with Gasteiger partial charge in [-0.15, -0.1) is 0 Å². The number of nitrogens with zero attached hydrogens (tertiary/aromatic N) is 2. The van der Waals surface area contributed by atoms with Crippen LogP contribution in [0.5, 0.6) is 17.2 Å². The van der Waals surface area contributed by atoms with E-state index in [9.17, 15) is 9.18 Å². The van der Waals surface area contributed by atoms with E-state index in [2.05, 4.69) is 0 Å². The van der Waals surface area contributed by atoms with Crippen molar-refractivity contribution >= 4 is 17.7 Å². The van der Waals surface area contributed by atoms with Gasteiger partial charge in [-0.3, -0.25) is 4.79 Å². The average molecular weight is 400 g/mol. The third kappa shape index (κ3) is 4.45. The van der Waals surface area contributed by atoms with E-state index < -0.39 is 0 Å². The fraction of sp³-hybridized carbons (Fsp3) is 0.318. The molecule has 1 heterocycles. The Morgan fingerprint density at radius 2 is 1.62 bits per heavy atom. The molecule has 29 heavy (non-hydrogen) atoms. The van der Waals surface area contributed by atoms with Crippen molar-refractivity contribution in [2.45, 2.75) is 0 Å². The van der Waals surface area contributed by atoms with Crippen LogP contribution >= 0.6 is 0 Å². The Morgan fingerprint density at radius 3 is 2.24 bits per heavy atom. The Hall–Kier alpha value is -3.22. The van der Waals surface area contributed by atoms with Crippen LogP contribution in [0.4, 0.5) is 10.1 Å². The third-order valence-corrected chi connectivity index (χ3v) is 4.92. The first-order chi connectivity index (χ1) is 14.1. The molecule has 154 valence electrons. The van der Waals surface area contributed by atoms with Gasteiger partial charge in [0.2, 0.25) is 11.7 Å². The molecule has 3 rings (SSSR count). The van der Waals surface area contributed by atoms with Gasteiger partial charge in [0, 0.05) is 37.8 Å². The zero-order valence-electron chi connectivity index (χ0n) is 16.9. The normalized spacial score (nSPS) is 14.2. The predicted octanol–water partition coefficient (Wildman–Crippen LogP) is 3.21. The molecular weight excluding hydrogens is 375 g/mol. The van der Waals surface area contributed by atoms with Gasteiger partial charge in [-0.25, -0.2) is 4.39 Å². The molecule has 1 fully saturated rings. The number of ether oxygens (including phenoxy) is 3. The lowest BCUT2D eigenvalue weighted by atomic mass is 10.1. The SMILES string of the molecule is COc1ccc(C=CC(=O)N2CCN(c3ccccc3F)CC2)c(OC)c1OC. The highest BCUT2D eigenvalue weighted by Crippen LogP contribution is 2.40. The molecule has 0 aliphatic carbocycles. The number of halogens is 1. The van der Waals surface area contributed by atoms with Gasteiger partial charge in [-0.1, -0.05) is 12.1 Å². The third-order valence-electron chi connectivity index (χ3n) is 4.92. The van der Waals surface area contributed by atoms with Crippen LogP contribution < -0.4 is 19.1 Å². The molecule has 2 aromatic carbocycles. The minimum atomic E-state index is -0.243. The van der Waals surface area contributed by atoms with Crippen molar-refractivity contribution in [2.24, 2.45) is 0 Å². The predicted molar refractivity (Wildman–Crippen MR) is 110 cm³/mol. The summed E-state index contributed by atoms with van der Waals surface area (Å²) in [5.74, 6) is 1.18. The van der Waals surface area contributed by atoms with Crippen LogP contribution in [0, 0.1) is 5.82 Å². The largest absolute Gasteiger partial charge is 0.493 e. The smallest absolute Gasteiger partial charge is 0.246 e. The van der Waals surface area contributed by atoms with Gasteiger partial charge in [-0.05, 0) is 30.3 Å². The van der Waals surface area contributed by atoms with Gasteiger partial charge < -0.3 is 24.0 Å². The van der Waals surface area contributed by atoms with Crippen molar-refractivity contribution in [1.82, 2.24) is 4.90 Å². The van der Waals surface area contributed by atoms with Crippen molar-refractivity contribution in [3.63, 3.8) is 0 Å². The van der Waals surface area contributed by atoms with Gasteiger partial charge in [0.1, 0.15) is 5.82 Å². The number of amides is 1. The summed E-state index contributed by atoms with van der Waals surface area (Å²) in [4.78, 5) is 16.3. The molecule has 0 spiro atoms. The monoisotopic (exact) mass is 400 g/mol. The lowest BCUT2D eigenvalue weighted by molar-refractivity contribution is -0.126. The quantitative estimate of drug-likeness (QED) is 0.697. The first-order valence-corrected chi connectivity index (χ1v) is 9.34. The maximum Gasteiger partial charge on any atom is 0.246 e. The number of hydrogen-bond acceptors (Lipinski definition) is 5. The summed E-state index contributed by atoms with van der Waals surface area (Å²) in [6.45, 7) is 2.22. The van der Waals surface area contributed by atoms with Crippen LogP contribution in [0.2, 0.25) is 0 Å². The first kappa shape index (κ1) is 20.5. The van der Waals surface area contributed by atoms with Gasteiger partial charge >= 0.3 is 0 Å². The van der Waals surface area contributed by atoms with Crippen molar-refractivity contribution in [3.8, 4) is 17.2 Å². The van der Waals surface area contributed by atoms with E-state index in [0.717, 1.165) is 0 Å². The van der Waals surface area contributed by atoms with Crippen LogP contribution in [-0.2, 0) is 4.79 Å². The van der Waals surface area contributed by atoms with E-state index in [-0.39, 0.29) is 11.7 Å². The Labute approximate surface area is 170 Å². The van der Waals surface area contributed by atoms with Crippen LogP contribution in [-0.4, -0.2) is 58.3 Å². The zero-order valence-corrected chi connectivity index (χ0v) is 16.9. The van der Waals surface area contributed by atoms with E-state index in [1.165, 1.54) is 19.3 Å². The van der Waals surface area contributed by atoms with Gasteiger partial charge in [-0.2, -0.15) is 0 Å². The maximum absolute atomic E-state index is 14.0. The number of hydrogen-bond donors (Lipinski definition) is 0. The van der Waals surface area contributed by atoms with E-state index in [4.69, 9.17) is 14.2 Å². The first-order valence-electron chi connectivity index (χ1n) is 9.34. The van der Waals surface area contributed by atoms with Crippen LogP contribution in [0.25, 0.3) is 6.08 Å². The summed E-state index contributed by atoms with van der Waals surface area (Å²) in [6.07, 6.45) is 3.22. The number of benzene rings is 2. The van der Waals surface area contributed by atoms with Gasteiger partial charge in [0.05, 0.1) is 27.0 Å². The molecule has 1 aliphatic rings. The Kier molecular flexibility index (Phi) is 6.59. The lowest BCUT2D eigenvalue weighted by Gasteiger charge is -2.35. The molecule has 0 saturated carbocycles. The van der Waals surface area contributed by atoms with Crippen LogP contribution in [0.1, 0.15) is 5.56 Å². The number of methoxy groups -OCH3 is 3. The second-order valence-electron chi connectivity index (χ2n) is 6.52. The molecule has 0 bridgehead atoms. The average Bonchev–Trinajstić information content (AvgIpc) is 2.77. The second-order valence-corrected chi connectivity index (χ2v) is 6.52. The van der Waals surface area contributed by atoms with E-state index >= 15 is 0 Å². The van der Waals surface area contributed by atoms with E-state index in [1.54, 1.807) is 49.5 Å². The highest BCUT2D eigenvalue weighted by atomic mass is 19.1. The molecule has 1 saturated heterocycles. The van der Waals surface area contributed by atoms with E-state index in [1.807, 2.05) is 11.0 Å². The lowest BCUT2D eigenvalue weighted by Crippen LogP contribution is -2.48. The molecule has 1 amide bonds. The van der Waals surface area contributed by atoms with Gasteiger partial charge in [0.15, 0.2) is 11.5 Å². The summed E-state index contributed by atoms with van der Waals surface area (Å²) >= 11 is 0. The Balaban J connectivity index is 1.67. The van der Waals surface area contributed by atoms with Crippen molar-refractivity contribution in [2.75, 3.05) is 52.4 Å². The van der Waals surface area contributed by atoms with Crippen LogP contribution in [0.3, 0.4) is 0 Å². The molecule has 0 radical (unpaired) electrons. The van der Waals surface area contributed by atoms with Crippen molar-refractivity contribution in [3.05, 3.63) is 53.9 Å². The molecule has 0 N–H and O–H groups in total. The summed E-state index contributed by atoms with van der Waals surface area (Å²) in [6, 6.07) is 10.3. The molecule has 1 aliphatic heterocycles. The molecule has 7 heteroatoms. The number of piperazine rings is 1. The summed E-state index contributed by atoms with van der Waals surface area (Å²) in [7, 11) is 4.63. The zero-order chi connectivity index (χ0) is 20.8. The highest BCUT2D eigenvalue weighted by molar-refractivity contribution is 5.92. The number of anilines is 1. The summed E-state index contributed by atoms with van der Waals surface area (Å²) in [5, 5.41) is 0.